The van der Waals surface area contributed by atoms with Crippen LogP contribution in [0, 0.1) is 11.3 Å². The fourth-order valence-corrected chi connectivity index (χ4v) is 1.51. The van der Waals surface area contributed by atoms with Gasteiger partial charge in [-0.3, -0.25) is 4.79 Å². The molecule has 1 atom stereocenters. The molecule has 1 aromatic heterocycles. The number of Topliss-reactive ketones (excluding diaryl/α,β-unsaturated/α-hetero) is 1. The molecule has 0 radical (unpaired) electrons. The zero-order chi connectivity index (χ0) is 13.8. The smallest absolute Gasteiger partial charge is 0.216 e. The van der Waals surface area contributed by atoms with Crippen molar-refractivity contribution in [3.8, 4) is 5.88 Å². The molecular weight excluding hydrogens is 228 g/mol. The van der Waals surface area contributed by atoms with Crippen molar-refractivity contribution in [1.29, 1.82) is 0 Å². The standard InChI is InChI=1S/C14H22N2O2/c1-10(14(2,3)4)6-12(17)7-11-8-13(18-5)16-9-15-11/h8-10H,6-7H2,1-5H3. The highest BCUT2D eigenvalue weighted by Gasteiger charge is 2.22. The van der Waals surface area contributed by atoms with E-state index in [4.69, 9.17) is 4.74 Å². The summed E-state index contributed by atoms with van der Waals surface area (Å²) in [5.41, 5.74) is 0.868. The van der Waals surface area contributed by atoms with Gasteiger partial charge < -0.3 is 4.74 Å². The fraction of sp³-hybridized carbons (Fsp3) is 0.643. The van der Waals surface area contributed by atoms with Crippen molar-refractivity contribution in [2.24, 2.45) is 11.3 Å². The summed E-state index contributed by atoms with van der Waals surface area (Å²) in [5, 5.41) is 0. The average molecular weight is 250 g/mol. The maximum atomic E-state index is 12.0. The number of hydrogen-bond acceptors (Lipinski definition) is 4. The second-order valence-corrected chi connectivity index (χ2v) is 5.74. The van der Waals surface area contributed by atoms with Gasteiger partial charge in [-0.15, -0.1) is 0 Å². The molecule has 0 aliphatic heterocycles. The lowest BCUT2D eigenvalue weighted by atomic mass is 9.79. The van der Waals surface area contributed by atoms with Crippen molar-refractivity contribution in [2.75, 3.05) is 7.11 Å². The number of carbonyl (C=O) groups is 1. The highest BCUT2D eigenvalue weighted by atomic mass is 16.5. The quantitative estimate of drug-likeness (QED) is 0.806. The lowest BCUT2D eigenvalue weighted by Gasteiger charge is -2.26. The topological polar surface area (TPSA) is 52.1 Å². The molecule has 0 bridgehead atoms. The van der Waals surface area contributed by atoms with Crippen molar-refractivity contribution in [3.63, 3.8) is 0 Å². The Morgan fingerprint density at radius 2 is 2.06 bits per heavy atom. The largest absolute Gasteiger partial charge is 0.481 e. The molecular formula is C14H22N2O2. The van der Waals surface area contributed by atoms with E-state index >= 15 is 0 Å². The Kier molecular flexibility index (Phi) is 4.82. The number of aromatic nitrogens is 2. The first-order chi connectivity index (χ1) is 8.32. The molecule has 0 amide bonds. The Bertz CT molecular complexity index is 411. The number of methoxy groups -OCH3 is 1. The normalized spacial score (nSPS) is 13.2. The summed E-state index contributed by atoms with van der Waals surface area (Å²) in [7, 11) is 1.55. The molecule has 4 heteroatoms. The van der Waals surface area contributed by atoms with Gasteiger partial charge in [0.25, 0.3) is 0 Å². The van der Waals surface area contributed by atoms with E-state index in [1.165, 1.54) is 6.33 Å². The van der Waals surface area contributed by atoms with Crippen LogP contribution in [0.2, 0.25) is 0 Å². The maximum absolute atomic E-state index is 12.0. The zero-order valence-corrected chi connectivity index (χ0v) is 11.9. The third-order valence-electron chi connectivity index (χ3n) is 3.30. The maximum Gasteiger partial charge on any atom is 0.216 e. The van der Waals surface area contributed by atoms with Crippen molar-refractivity contribution in [3.05, 3.63) is 18.1 Å². The third-order valence-corrected chi connectivity index (χ3v) is 3.30. The molecule has 0 aliphatic rings. The number of ketones is 1. The van der Waals surface area contributed by atoms with E-state index in [0.717, 1.165) is 0 Å². The van der Waals surface area contributed by atoms with Crippen molar-refractivity contribution in [1.82, 2.24) is 9.97 Å². The molecule has 0 aromatic carbocycles. The first-order valence-electron chi connectivity index (χ1n) is 6.19. The molecule has 0 aliphatic carbocycles. The molecule has 0 spiro atoms. The predicted molar refractivity (Wildman–Crippen MR) is 70.5 cm³/mol. The van der Waals surface area contributed by atoms with E-state index < -0.39 is 0 Å². The summed E-state index contributed by atoms with van der Waals surface area (Å²) >= 11 is 0. The van der Waals surface area contributed by atoms with E-state index in [1.807, 2.05) is 0 Å². The van der Waals surface area contributed by atoms with Gasteiger partial charge in [-0.25, -0.2) is 9.97 Å². The third kappa shape index (κ3) is 4.43. The first kappa shape index (κ1) is 14.6. The number of nitrogens with zero attached hydrogens (tertiary/aromatic N) is 2. The molecule has 1 heterocycles. The van der Waals surface area contributed by atoms with E-state index in [9.17, 15) is 4.79 Å². The summed E-state index contributed by atoms with van der Waals surface area (Å²) in [4.78, 5) is 20.0. The minimum absolute atomic E-state index is 0.152. The second-order valence-electron chi connectivity index (χ2n) is 5.74. The molecule has 0 fully saturated rings. The molecule has 1 rings (SSSR count). The zero-order valence-electron chi connectivity index (χ0n) is 11.9. The van der Waals surface area contributed by atoms with Gasteiger partial charge in [0.05, 0.1) is 12.8 Å². The second kappa shape index (κ2) is 5.94. The summed E-state index contributed by atoms with van der Waals surface area (Å²) in [6, 6.07) is 1.71. The van der Waals surface area contributed by atoms with Crippen LogP contribution in [-0.2, 0) is 11.2 Å². The van der Waals surface area contributed by atoms with Gasteiger partial charge in [0.15, 0.2) is 0 Å². The van der Waals surface area contributed by atoms with Crippen LogP contribution in [0.1, 0.15) is 39.8 Å². The Hall–Kier alpha value is -1.45. The Morgan fingerprint density at radius 1 is 1.39 bits per heavy atom. The molecule has 0 N–H and O–H groups in total. The lowest BCUT2D eigenvalue weighted by Crippen LogP contribution is -2.21. The van der Waals surface area contributed by atoms with Gasteiger partial charge in [-0.05, 0) is 11.3 Å². The van der Waals surface area contributed by atoms with Crippen LogP contribution in [0.4, 0.5) is 0 Å². The number of ether oxygens (including phenoxy) is 1. The molecule has 1 aromatic rings. The van der Waals surface area contributed by atoms with E-state index in [1.54, 1.807) is 13.2 Å². The molecule has 0 saturated heterocycles. The highest BCUT2D eigenvalue weighted by Crippen LogP contribution is 2.28. The van der Waals surface area contributed by atoms with E-state index in [-0.39, 0.29) is 11.2 Å². The van der Waals surface area contributed by atoms with Crippen LogP contribution < -0.4 is 4.74 Å². The molecule has 0 saturated carbocycles. The number of carbonyl (C=O) groups excluding carboxylic acids is 1. The van der Waals surface area contributed by atoms with Gasteiger partial charge in [-0.1, -0.05) is 27.7 Å². The fourth-order valence-electron chi connectivity index (χ4n) is 1.51. The van der Waals surface area contributed by atoms with Crippen LogP contribution in [0.3, 0.4) is 0 Å². The van der Waals surface area contributed by atoms with Crippen molar-refractivity contribution >= 4 is 5.78 Å². The van der Waals surface area contributed by atoms with Gasteiger partial charge in [0.2, 0.25) is 5.88 Å². The Morgan fingerprint density at radius 3 is 2.61 bits per heavy atom. The van der Waals surface area contributed by atoms with Gasteiger partial charge in [0, 0.05) is 18.9 Å². The average Bonchev–Trinajstić information content (AvgIpc) is 2.27. The summed E-state index contributed by atoms with van der Waals surface area (Å²) in [6.45, 7) is 8.56. The Balaban J connectivity index is 2.59. The first-order valence-corrected chi connectivity index (χ1v) is 6.19. The van der Waals surface area contributed by atoms with Crippen LogP contribution in [0.5, 0.6) is 5.88 Å². The monoisotopic (exact) mass is 250 g/mol. The predicted octanol–water partition coefficient (Wildman–Crippen LogP) is 2.67. The van der Waals surface area contributed by atoms with Gasteiger partial charge in [0.1, 0.15) is 12.1 Å². The summed E-state index contributed by atoms with van der Waals surface area (Å²) < 4.78 is 5.01. The van der Waals surface area contributed by atoms with E-state index in [0.29, 0.717) is 30.3 Å². The number of hydrogen-bond donors (Lipinski definition) is 0. The molecule has 100 valence electrons. The van der Waals surface area contributed by atoms with Crippen LogP contribution in [-0.4, -0.2) is 22.9 Å². The molecule has 18 heavy (non-hydrogen) atoms. The summed E-state index contributed by atoms with van der Waals surface area (Å²) in [6.07, 6.45) is 2.35. The SMILES string of the molecule is COc1cc(CC(=O)CC(C)C(C)(C)C)ncn1. The molecule has 4 nitrogen and oxygen atoms in total. The van der Waals surface area contributed by atoms with Gasteiger partial charge in [-0.2, -0.15) is 0 Å². The highest BCUT2D eigenvalue weighted by molar-refractivity contribution is 5.80. The minimum Gasteiger partial charge on any atom is -0.481 e. The molecule has 1 unspecified atom stereocenters. The minimum atomic E-state index is 0.152. The van der Waals surface area contributed by atoms with Crippen molar-refractivity contribution < 1.29 is 9.53 Å². The van der Waals surface area contributed by atoms with Crippen LogP contribution in [0.15, 0.2) is 12.4 Å². The van der Waals surface area contributed by atoms with Crippen LogP contribution in [0.25, 0.3) is 0 Å². The Labute approximate surface area is 109 Å². The summed E-state index contributed by atoms with van der Waals surface area (Å²) in [5.74, 6) is 1.06. The lowest BCUT2D eigenvalue weighted by molar-refractivity contribution is -0.120. The van der Waals surface area contributed by atoms with E-state index in [2.05, 4.69) is 37.7 Å². The number of rotatable bonds is 5. The van der Waals surface area contributed by atoms with Crippen molar-refractivity contribution in [2.45, 2.75) is 40.5 Å². The van der Waals surface area contributed by atoms with Crippen LogP contribution >= 0.6 is 0 Å². The van der Waals surface area contributed by atoms with Gasteiger partial charge >= 0.3 is 0 Å².